The number of likely N-dealkylation sites (tertiary alicyclic amines) is 1. The number of nitrogens with zero attached hydrogens (tertiary/aromatic N) is 3. The van der Waals surface area contributed by atoms with Gasteiger partial charge in [0, 0.05) is 11.8 Å². The molecule has 6 heteroatoms. The van der Waals surface area contributed by atoms with E-state index in [9.17, 15) is 5.11 Å². The number of rotatable bonds is 4. The molecule has 1 fully saturated rings. The number of nitrogen functional groups attached to an aromatic ring is 1. The van der Waals surface area contributed by atoms with Crippen molar-refractivity contribution in [2.75, 3.05) is 18.5 Å². The van der Waals surface area contributed by atoms with Crippen molar-refractivity contribution in [3.05, 3.63) is 17.6 Å². The van der Waals surface area contributed by atoms with Crippen molar-refractivity contribution < 1.29 is 5.11 Å². The first-order valence-corrected chi connectivity index (χ1v) is 6.80. The number of hydrogen-bond donors (Lipinski definition) is 3. The Labute approximate surface area is 114 Å². The molecular formula is C13H23N5O. The average molecular weight is 265 g/mol. The molecule has 1 aromatic rings. The van der Waals surface area contributed by atoms with Crippen LogP contribution in [-0.2, 0) is 6.54 Å². The lowest BCUT2D eigenvalue weighted by atomic mass is 9.92. The maximum atomic E-state index is 9.59. The Morgan fingerprint density at radius 2 is 2.16 bits per heavy atom. The van der Waals surface area contributed by atoms with E-state index < -0.39 is 0 Å². The van der Waals surface area contributed by atoms with Gasteiger partial charge < -0.3 is 10.5 Å². The van der Waals surface area contributed by atoms with Gasteiger partial charge in [-0.15, -0.1) is 0 Å². The molecule has 0 radical (unpaired) electrons. The van der Waals surface area contributed by atoms with E-state index in [1.165, 1.54) is 0 Å². The molecule has 106 valence electrons. The van der Waals surface area contributed by atoms with Crippen LogP contribution >= 0.6 is 0 Å². The quantitative estimate of drug-likeness (QED) is 0.548. The topological polar surface area (TPSA) is 87.3 Å². The molecule has 1 atom stereocenters. The van der Waals surface area contributed by atoms with Crippen molar-refractivity contribution in [3.63, 3.8) is 0 Å². The van der Waals surface area contributed by atoms with Gasteiger partial charge in [0.2, 0.25) is 0 Å². The molecule has 1 aliphatic rings. The van der Waals surface area contributed by atoms with E-state index in [-0.39, 0.29) is 6.10 Å². The molecule has 0 amide bonds. The third-order valence-corrected chi connectivity index (χ3v) is 3.73. The van der Waals surface area contributed by atoms with E-state index in [1.54, 1.807) is 0 Å². The van der Waals surface area contributed by atoms with Gasteiger partial charge in [0.25, 0.3) is 0 Å². The monoisotopic (exact) mass is 265 g/mol. The van der Waals surface area contributed by atoms with Crippen LogP contribution in [0, 0.1) is 12.8 Å². The molecule has 0 aromatic carbocycles. The molecule has 1 aromatic heterocycles. The highest BCUT2D eigenvalue weighted by molar-refractivity contribution is 5.33. The minimum Gasteiger partial charge on any atom is -0.393 e. The lowest BCUT2D eigenvalue weighted by molar-refractivity contribution is 0.0687. The summed E-state index contributed by atoms with van der Waals surface area (Å²) in [5, 5.41) is 9.59. The van der Waals surface area contributed by atoms with Crippen LogP contribution in [0.2, 0.25) is 0 Å². The first-order valence-electron chi connectivity index (χ1n) is 6.80. The summed E-state index contributed by atoms with van der Waals surface area (Å²) in [5.41, 5.74) is 3.48. The molecule has 1 saturated heterocycles. The number of nitrogens with one attached hydrogen (secondary N) is 1. The van der Waals surface area contributed by atoms with Crippen molar-refractivity contribution in [2.45, 2.75) is 39.3 Å². The van der Waals surface area contributed by atoms with E-state index >= 15 is 0 Å². The zero-order valence-electron chi connectivity index (χ0n) is 11.6. The molecular weight excluding hydrogens is 242 g/mol. The second-order valence-corrected chi connectivity index (χ2v) is 5.31. The van der Waals surface area contributed by atoms with Crippen LogP contribution in [0.1, 0.15) is 31.3 Å². The number of aryl methyl sites for hydroxylation is 1. The molecule has 6 nitrogen and oxygen atoms in total. The fourth-order valence-electron chi connectivity index (χ4n) is 2.57. The van der Waals surface area contributed by atoms with Crippen LogP contribution in [0.5, 0.6) is 0 Å². The van der Waals surface area contributed by atoms with Gasteiger partial charge in [-0.3, -0.25) is 4.90 Å². The molecule has 0 aliphatic carbocycles. The number of anilines is 1. The Balaban J connectivity index is 1.93. The largest absolute Gasteiger partial charge is 0.393 e. The third kappa shape index (κ3) is 3.86. The molecule has 2 rings (SSSR count). The predicted molar refractivity (Wildman–Crippen MR) is 74.3 cm³/mol. The van der Waals surface area contributed by atoms with E-state index in [4.69, 9.17) is 5.84 Å². The maximum absolute atomic E-state index is 9.59. The van der Waals surface area contributed by atoms with Crippen molar-refractivity contribution >= 4 is 5.82 Å². The van der Waals surface area contributed by atoms with Crippen LogP contribution in [0.25, 0.3) is 0 Å². The fraction of sp³-hybridized carbons (Fsp3) is 0.692. The summed E-state index contributed by atoms with van der Waals surface area (Å²) < 4.78 is 0. The Morgan fingerprint density at radius 3 is 2.74 bits per heavy atom. The molecule has 1 aliphatic heterocycles. The number of aliphatic hydroxyl groups excluding tert-OH is 1. The zero-order chi connectivity index (χ0) is 13.8. The van der Waals surface area contributed by atoms with Gasteiger partial charge in [-0.1, -0.05) is 0 Å². The summed E-state index contributed by atoms with van der Waals surface area (Å²) in [6.07, 6.45) is 1.86. The summed E-state index contributed by atoms with van der Waals surface area (Å²) in [6, 6.07) is 1.82. The average Bonchev–Trinajstić information content (AvgIpc) is 2.38. The van der Waals surface area contributed by atoms with Gasteiger partial charge in [0.15, 0.2) is 0 Å². The molecule has 1 unspecified atom stereocenters. The summed E-state index contributed by atoms with van der Waals surface area (Å²) in [4.78, 5) is 11.1. The Bertz CT molecular complexity index is 415. The maximum Gasteiger partial charge on any atom is 0.145 e. The molecule has 0 spiro atoms. The molecule has 2 heterocycles. The van der Waals surface area contributed by atoms with E-state index in [1.807, 2.05) is 19.9 Å². The number of aliphatic hydroxyl groups is 1. The standard InChI is InChI=1S/C13H23N5O/c1-9-7-12(17-14)16-13(15-9)8-18-5-3-11(4-6-18)10(2)19/h7,10-11,19H,3-6,8,14H2,1-2H3,(H,15,16,17). The minimum absolute atomic E-state index is 0.203. The van der Waals surface area contributed by atoms with Gasteiger partial charge in [-0.05, 0) is 45.7 Å². The number of nitrogens with two attached hydrogens (primary N) is 1. The summed E-state index contributed by atoms with van der Waals surface area (Å²) in [5.74, 6) is 7.27. The van der Waals surface area contributed by atoms with Gasteiger partial charge >= 0.3 is 0 Å². The lowest BCUT2D eigenvalue weighted by Gasteiger charge is -2.32. The highest BCUT2D eigenvalue weighted by Crippen LogP contribution is 2.21. The third-order valence-electron chi connectivity index (χ3n) is 3.73. The predicted octanol–water partition coefficient (Wildman–Crippen LogP) is 0.663. The molecule has 19 heavy (non-hydrogen) atoms. The van der Waals surface area contributed by atoms with Crippen molar-refractivity contribution in [1.29, 1.82) is 0 Å². The normalized spacial score (nSPS) is 19.4. The Morgan fingerprint density at radius 1 is 1.47 bits per heavy atom. The molecule has 0 bridgehead atoms. The van der Waals surface area contributed by atoms with Gasteiger partial charge in [-0.2, -0.15) is 0 Å². The Hall–Kier alpha value is -1.24. The van der Waals surface area contributed by atoms with Gasteiger partial charge in [0.1, 0.15) is 11.6 Å². The summed E-state index contributed by atoms with van der Waals surface area (Å²) >= 11 is 0. The fourth-order valence-corrected chi connectivity index (χ4v) is 2.57. The highest BCUT2D eigenvalue weighted by Gasteiger charge is 2.23. The Kier molecular flexibility index (Phi) is 4.68. The van der Waals surface area contributed by atoms with Crippen LogP contribution in [0.15, 0.2) is 6.07 Å². The van der Waals surface area contributed by atoms with Crippen molar-refractivity contribution in [2.24, 2.45) is 11.8 Å². The summed E-state index contributed by atoms with van der Waals surface area (Å²) in [7, 11) is 0. The van der Waals surface area contributed by atoms with Gasteiger partial charge in [-0.25, -0.2) is 15.8 Å². The zero-order valence-corrected chi connectivity index (χ0v) is 11.6. The molecule has 0 saturated carbocycles. The van der Waals surface area contributed by atoms with Crippen LogP contribution in [0.4, 0.5) is 5.82 Å². The van der Waals surface area contributed by atoms with Crippen LogP contribution < -0.4 is 11.3 Å². The summed E-state index contributed by atoms with van der Waals surface area (Å²) in [6.45, 7) is 6.52. The minimum atomic E-state index is -0.203. The first kappa shape index (κ1) is 14.2. The molecule has 4 N–H and O–H groups in total. The number of hydrogen-bond acceptors (Lipinski definition) is 6. The van der Waals surface area contributed by atoms with E-state index in [0.29, 0.717) is 11.7 Å². The number of piperidine rings is 1. The van der Waals surface area contributed by atoms with Gasteiger partial charge in [0.05, 0.1) is 12.6 Å². The first-order chi connectivity index (χ1) is 9.08. The highest BCUT2D eigenvalue weighted by atomic mass is 16.3. The van der Waals surface area contributed by atoms with Crippen LogP contribution in [-0.4, -0.2) is 39.2 Å². The second-order valence-electron chi connectivity index (χ2n) is 5.31. The second kappa shape index (κ2) is 6.27. The van der Waals surface area contributed by atoms with Crippen molar-refractivity contribution in [3.8, 4) is 0 Å². The number of aromatic nitrogens is 2. The number of hydrazine groups is 1. The van der Waals surface area contributed by atoms with Crippen LogP contribution in [0.3, 0.4) is 0 Å². The smallest absolute Gasteiger partial charge is 0.145 e. The van der Waals surface area contributed by atoms with E-state index in [2.05, 4.69) is 20.3 Å². The van der Waals surface area contributed by atoms with Crippen molar-refractivity contribution in [1.82, 2.24) is 14.9 Å². The van der Waals surface area contributed by atoms with E-state index in [0.717, 1.165) is 44.0 Å². The SMILES string of the molecule is Cc1cc(NN)nc(CN2CCC(C(C)O)CC2)n1. The lowest BCUT2D eigenvalue weighted by Crippen LogP contribution is -2.37.